The number of hydrogen-bond donors (Lipinski definition) is 5. The third kappa shape index (κ3) is 3.04. The minimum absolute atomic E-state index is 0.0258. The van der Waals surface area contributed by atoms with Crippen LogP contribution in [-0.4, -0.2) is 26.7 Å². The molecule has 130 valence electrons. The average molecular weight is 364 g/mol. The number of nitrogens with two attached hydrogens (primary N) is 1. The van der Waals surface area contributed by atoms with Crippen LogP contribution >= 0.6 is 11.3 Å². The molecule has 0 spiro atoms. The van der Waals surface area contributed by atoms with Crippen molar-refractivity contribution in [1.29, 1.82) is 0 Å². The van der Waals surface area contributed by atoms with Gasteiger partial charge in [0.25, 0.3) is 0 Å². The summed E-state index contributed by atoms with van der Waals surface area (Å²) in [5.41, 5.74) is 9.54. The zero-order valence-electron chi connectivity index (χ0n) is 13.7. The van der Waals surface area contributed by atoms with Crippen LogP contribution < -0.4 is 11.1 Å². The highest BCUT2D eigenvalue weighted by molar-refractivity contribution is 7.22. The van der Waals surface area contributed by atoms with E-state index in [0.29, 0.717) is 22.8 Å². The molecule has 0 radical (unpaired) electrons. The van der Waals surface area contributed by atoms with Crippen LogP contribution in [0.4, 0.5) is 10.8 Å². The number of nitrogens with zero attached hydrogens (tertiary/aromatic N) is 1. The van der Waals surface area contributed by atoms with Gasteiger partial charge in [-0.1, -0.05) is 35.3 Å². The molecule has 0 saturated carbocycles. The molecule has 6 N–H and O–H groups in total. The van der Waals surface area contributed by atoms with Crippen molar-refractivity contribution in [2.24, 2.45) is 0 Å². The molecule has 0 atom stereocenters. The van der Waals surface area contributed by atoms with Gasteiger partial charge < -0.3 is 26.2 Å². The van der Waals surface area contributed by atoms with E-state index in [-0.39, 0.29) is 12.4 Å². The summed E-state index contributed by atoms with van der Waals surface area (Å²) in [4.78, 5) is 7.28. The predicted molar refractivity (Wildman–Crippen MR) is 105 cm³/mol. The van der Waals surface area contributed by atoms with E-state index in [4.69, 9.17) is 5.73 Å². The lowest BCUT2D eigenvalue weighted by atomic mass is 10.2. The second kappa shape index (κ2) is 6.59. The summed E-state index contributed by atoms with van der Waals surface area (Å²) in [7, 11) is 0. The van der Waals surface area contributed by atoms with Crippen LogP contribution in [0.3, 0.4) is 0 Å². The minimum atomic E-state index is -0.0258. The third-order valence-corrected chi connectivity index (χ3v) is 4.81. The molecule has 4 rings (SSSR count). The third-order valence-electron chi connectivity index (χ3n) is 3.97. The van der Waals surface area contributed by atoms with Crippen molar-refractivity contribution in [3.63, 3.8) is 0 Å². The molecule has 0 fully saturated rings. The lowest BCUT2D eigenvalue weighted by Crippen LogP contribution is -1.99. The van der Waals surface area contributed by atoms with E-state index in [9.17, 15) is 10.2 Å². The van der Waals surface area contributed by atoms with Crippen molar-refractivity contribution in [2.45, 2.75) is 6.61 Å². The molecule has 0 bridgehead atoms. The number of nitrogens with one attached hydrogen (secondary N) is 2. The van der Waals surface area contributed by atoms with E-state index in [0.717, 1.165) is 27.0 Å². The van der Waals surface area contributed by atoms with Crippen molar-refractivity contribution in [1.82, 2.24) is 9.97 Å². The first-order valence-corrected chi connectivity index (χ1v) is 8.79. The standard InChI is InChI=1S/C19H16N4O2S/c20-19-23-18-15(25)7-11(8-16(18)26-19)3-2-6-21-14-5-1-4-12-9-13(10-24)22-17(12)14/h1,4-5,7-9,21-22,24-25H,6,10H2,(H2,20,23). The number of H-pyrrole nitrogens is 1. The van der Waals surface area contributed by atoms with Gasteiger partial charge >= 0.3 is 0 Å². The van der Waals surface area contributed by atoms with Gasteiger partial charge in [0.05, 0.1) is 29.1 Å². The molecular formula is C19H16N4O2S. The van der Waals surface area contributed by atoms with Gasteiger partial charge in [0.2, 0.25) is 0 Å². The number of aromatic amines is 1. The Hall–Kier alpha value is -3.21. The maximum atomic E-state index is 10.0. The van der Waals surface area contributed by atoms with Crippen molar-refractivity contribution >= 4 is 43.3 Å². The van der Waals surface area contributed by atoms with E-state index >= 15 is 0 Å². The number of nitrogen functional groups attached to an aromatic ring is 1. The number of para-hydroxylation sites is 1. The van der Waals surface area contributed by atoms with Crippen LogP contribution in [-0.2, 0) is 6.61 Å². The molecule has 0 amide bonds. The predicted octanol–water partition coefficient (Wildman–Crippen LogP) is 3.02. The molecule has 0 unspecified atom stereocenters. The average Bonchev–Trinajstić information content (AvgIpc) is 3.21. The first-order chi connectivity index (χ1) is 12.6. The Balaban J connectivity index is 1.53. The highest BCUT2D eigenvalue weighted by Gasteiger charge is 2.07. The molecule has 26 heavy (non-hydrogen) atoms. The summed E-state index contributed by atoms with van der Waals surface area (Å²) in [6, 6.07) is 11.3. The van der Waals surface area contributed by atoms with E-state index in [1.165, 1.54) is 11.3 Å². The van der Waals surface area contributed by atoms with Crippen LogP contribution in [0.15, 0.2) is 36.4 Å². The Labute approximate surface area is 153 Å². The lowest BCUT2D eigenvalue weighted by Gasteiger charge is -2.03. The number of aromatic nitrogens is 2. The number of aliphatic hydroxyl groups is 1. The van der Waals surface area contributed by atoms with Crippen molar-refractivity contribution in [2.75, 3.05) is 17.6 Å². The first-order valence-electron chi connectivity index (χ1n) is 7.97. The highest BCUT2D eigenvalue weighted by Crippen LogP contribution is 2.31. The summed E-state index contributed by atoms with van der Waals surface area (Å²) in [6.07, 6.45) is 0. The zero-order valence-corrected chi connectivity index (χ0v) is 14.5. The molecule has 0 aliphatic carbocycles. The van der Waals surface area contributed by atoms with Crippen molar-refractivity contribution in [3.05, 3.63) is 47.7 Å². The summed E-state index contributed by atoms with van der Waals surface area (Å²) in [5.74, 6) is 6.17. The fourth-order valence-electron chi connectivity index (χ4n) is 2.83. The van der Waals surface area contributed by atoms with Crippen molar-refractivity contribution in [3.8, 4) is 17.6 Å². The Morgan fingerprint density at radius 2 is 2.15 bits per heavy atom. The van der Waals surface area contributed by atoms with Crippen LogP contribution in [0.1, 0.15) is 11.3 Å². The summed E-state index contributed by atoms with van der Waals surface area (Å²) in [5, 5.41) is 24.0. The van der Waals surface area contributed by atoms with Gasteiger partial charge in [-0.3, -0.25) is 0 Å². The molecule has 7 heteroatoms. The maximum Gasteiger partial charge on any atom is 0.181 e. The molecule has 2 aromatic carbocycles. The van der Waals surface area contributed by atoms with Gasteiger partial charge in [-0.25, -0.2) is 4.98 Å². The number of fused-ring (bicyclic) bond motifs is 2. The topological polar surface area (TPSA) is 107 Å². The Kier molecular flexibility index (Phi) is 4.13. The lowest BCUT2D eigenvalue weighted by molar-refractivity contribution is 0.278. The van der Waals surface area contributed by atoms with Gasteiger partial charge in [-0.2, -0.15) is 0 Å². The molecule has 0 aliphatic rings. The number of phenolic OH excluding ortho intramolecular Hbond substituents is 1. The zero-order chi connectivity index (χ0) is 18.1. The fraction of sp³-hybridized carbons (Fsp3) is 0.105. The summed E-state index contributed by atoms with van der Waals surface area (Å²) < 4.78 is 0.812. The van der Waals surface area contributed by atoms with Gasteiger partial charge in [-0.15, -0.1) is 0 Å². The number of phenols is 1. The maximum absolute atomic E-state index is 10.0. The molecule has 0 saturated heterocycles. The number of hydrogen-bond acceptors (Lipinski definition) is 6. The highest BCUT2D eigenvalue weighted by atomic mass is 32.1. The minimum Gasteiger partial charge on any atom is -0.506 e. The molecule has 6 nitrogen and oxygen atoms in total. The molecule has 0 aliphatic heterocycles. The number of aliphatic hydroxyl groups excluding tert-OH is 1. The second-order valence-electron chi connectivity index (χ2n) is 5.77. The fourth-order valence-corrected chi connectivity index (χ4v) is 3.63. The summed E-state index contributed by atoms with van der Waals surface area (Å²) >= 11 is 1.32. The van der Waals surface area contributed by atoms with Crippen LogP contribution in [0.25, 0.3) is 21.1 Å². The van der Waals surface area contributed by atoms with Crippen molar-refractivity contribution < 1.29 is 10.2 Å². The van der Waals surface area contributed by atoms with E-state index in [2.05, 4.69) is 27.1 Å². The Morgan fingerprint density at radius 1 is 1.27 bits per heavy atom. The number of anilines is 2. The first kappa shape index (κ1) is 16.3. The molecule has 2 aromatic heterocycles. The normalized spacial score (nSPS) is 10.8. The monoisotopic (exact) mass is 364 g/mol. The van der Waals surface area contributed by atoms with E-state index in [1.54, 1.807) is 6.07 Å². The number of thiazole rings is 1. The second-order valence-corrected chi connectivity index (χ2v) is 6.83. The van der Waals surface area contributed by atoms with E-state index < -0.39 is 0 Å². The SMILES string of the molecule is Nc1nc2c(O)cc(C#CCNc3cccc4cc(CO)[nH]c34)cc2s1. The number of aromatic hydroxyl groups is 1. The Morgan fingerprint density at radius 3 is 3.00 bits per heavy atom. The summed E-state index contributed by atoms with van der Waals surface area (Å²) in [6.45, 7) is 0.415. The quantitative estimate of drug-likeness (QED) is 0.359. The van der Waals surface area contributed by atoms with Gasteiger partial charge in [0, 0.05) is 16.6 Å². The number of benzene rings is 2. The van der Waals surface area contributed by atoms with Crippen LogP contribution in [0.2, 0.25) is 0 Å². The van der Waals surface area contributed by atoms with Crippen LogP contribution in [0, 0.1) is 11.8 Å². The largest absolute Gasteiger partial charge is 0.506 e. The van der Waals surface area contributed by atoms with Gasteiger partial charge in [0.15, 0.2) is 5.13 Å². The molecule has 4 aromatic rings. The molecule has 2 heterocycles. The van der Waals surface area contributed by atoms with Gasteiger partial charge in [-0.05, 0) is 24.3 Å². The smallest absolute Gasteiger partial charge is 0.181 e. The van der Waals surface area contributed by atoms with Gasteiger partial charge in [0.1, 0.15) is 11.3 Å². The van der Waals surface area contributed by atoms with Crippen LogP contribution in [0.5, 0.6) is 5.75 Å². The van der Waals surface area contributed by atoms with E-state index in [1.807, 2.05) is 30.3 Å². The Bertz CT molecular complexity index is 1170. The number of rotatable bonds is 3. The molecular weight excluding hydrogens is 348 g/mol.